The predicted octanol–water partition coefficient (Wildman–Crippen LogP) is 2.87. The molecule has 152 valence electrons. The van der Waals surface area contributed by atoms with Crippen molar-refractivity contribution in [2.75, 3.05) is 19.8 Å². The zero-order valence-electron chi connectivity index (χ0n) is 16.9. The zero-order chi connectivity index (χ0) is 19.7. The minimum atomic E-state index is -1.12. The van der Waals surface area contributed by atoms with Crippen LogP contribution in [0, 0.1) is 5.41 Å². The lowest BCUT2D eigenvalue weighted by atomic mass is 9.98. The molecule has 2 heterocycles. The highest BCUT2D eigenvalue weighted by molar-refractivity contribution is 5.13. The molecule has 2 aliphatic rings. The van der Waals surface area contributed by atoms with Crippen LogP contribution in [0.5, 0.6) is 0 Å². The maximum Gasteiger partial charge on any atom is 0.224 e. The third kappa shape index (κ3) is 5.08. The standard InChI is InChI=1S/C21H32O6/c1-19(2,3)13-24-18-17(22)16(12-23-11-15-9-7-6-8-10-15)26-21(18)14-25-20(4,5)27-21/h6-10,16-18,22H,11-14H2,1-5H3/t16-,17?,18?,21+/m1/s1. The normalized spacial score (nSPS) is 33.0. The largest absolute Gasteiger partial charge is 0.387 e. The fourth-order valence-corrected chi connectivity index (χ4v) is 3.36. The molecule has 0 saturated carbocycles. The van der Waals surface area contributed by atoms with Crippen molar-refractivity contribution >= 4 is 0 Å². The number of ether oxygens (including phenoxy) is 5. The molecule has 2 unspecified atom stereocenters. The molecule has 27 heavy (non-hydrogen) atoms. The molecule has 4 atom stereocenters. The lowest BCUT2D eigenvalue weighted by molar-refractivity contribution is -0.278. The minimum Gasteiger partial charge on any atom is -0.387 e. The Kier molecular flexibility index (Phi) is 5.96. The Morgan fingerprint density at radius 1 is 1.19 bits per heavy atom. The molecule has 1 spiro atoms. The summed E-state index contributed by atoms with van der Waals surface area (Å²) < 4.78 is 29.8. The Labute approximate surface area is 161 Å². The van der Waals surface area contributed by atoms with Crippen LogP contribution in [0.25, 0.3) is 0 Å². The second kappa shape index (κ2) is 7.78. The van der Waals surface area contributed by atoms with Crippen LogP contribution in [-0.4, -0.2) is 54.8 Å². The molecular weight excluding hydrogens is 348 g/mol. The number of hydrogen-bond acceptors (Lipinski definition) is 6. The highest BCUT2D eigenvalue weighted by Gasteiger charge is 2.62. The number of aliphatic hydroxyl groups excluding tert-OH is 1. The van der Waals surface area contributed by atoms with E-state index in [1.54, 1.807) is 0 Å². The summed E-state index contributed by atoms with van der Waals surface area (Å²) in [6.45, 7) is 11.3. The Morgan fingerprint density at radius 3 is 2.48 bits per heavy atom. The first-order valence-electron chi connectivity index (χ1n) is 9.54. The van der Waals surface area contributed by atoms with Crippen molar-refractivity contribution in [3.8, 4) is 0 Å². The average molecular weight is 380 g/mol. The third-order valence-electron chi connectivity index (χ3n) is 4.60. The van der Waals surface area contributed by atoms with Crippen molar-refractivity contribution in [1.29, 1.82) is 0 Å². The van der Waals surface area contributed by atoms with Crippen LogP contribution in [0.1, 0.15) is 40.2 Å². The van der Waals surface area contributed by atoms with Gasteiger partial charge in [-0.05, 0) is 24.8 Å². The van der Waals surface area contributed by atoms with Gasteiger partial charge in [-0.25, -0.2) is 0 Å². The highest BCUT2D eigenvalue weighted by atomic mass is 16.9. The van der Waals surface area contributed by atoms with Gasteiger partial charge in [0.2, 0.25) is 5.79 Å². The van der Waals surface area contributed by atoms with Crippen LogP contribution in [0.15, 0.2) is 30.3 Å². The van der Waals surface area contributed by atoms with Crippen molar-refractivity contribution in [2.24, 2.45) is 5.41 Å². The number of hydrogen-bond donors (Lipinski definition) is 1. The van der Waals surface area contributed by atoms with Crippen molar-refractivity contribution < 1.29 is 28.8 Å². The molecule has 1 aromatic carbocycles. The molecule has 2 aliphatic heterocycles. The number of benzene rings is 1. The van der Waals surface area contributed by atoms with Crippen LogP contribution in [0.2, 0.25) is 0 Å². The predicted molar refractivity (Wildman–Crippen MR) is 100 cm³/mol. The Balaban J connectivity index is 1.65. The molecule has 0 radical (unpaired) electrons. The van der Waals surface area contributed by atoms with Gasteiger partial charge in [-0.15, -0.1) is 0 Å². The fraction of sp³-hybridized carbons (Fsp3) is 0.714. The Morgan fingerprint density at radius 2 is 1.89 bits per heavy atom. The van der Waals surface area contributed by atoms with Gasteiger partial charge in [0, 0.05) is 0 Å². The monoisotopic (exact) mass is 380 g/mol. The lowest BCUT2D eigenvalue weighted by Gasteiger charge is -2.32. The summed E-state index contributed by atoms with van der Waals surface area (Å²) in [5.41, 5.74) is 1.03. The van der Waals surface area contributed by atoms with Crippen LogP contribution >= 0.6 is 0 Å². The van der Waals surface area contributed by atoms with Crippen molar-refractivity contribution in [3.05, 3.63) is 35.9 Å². The summed E-state index contributed by atoms with van der Waals surface area (Å²) in [4.78, 5) is 0. The summed E-state index contributed by atoms with van der Waals surface area (Å²) in [6.07, 6.45) is -2.04. The minimum absolute atomic E-state index is 0.0439. The van der Waals surface area contributed by atoms with Crippen LogP contribution in [0.3, 0.4) is 0 Å². The van der Waals surface area contributed by atoms with Gasteiger partial charge in [0.15, 0.2) is 5.79 Å². The summed E-state index contributed by atoms with van der Waals surface area (Å²) in [5.74, 6) is -1.90. The SMILES string of the molecule is CC(C)(C)COC1C(O)[C@@H](COCc2ccccc2)O[C@]12COC(C)(C)O2. The van der Waals surface area contributed by atoms with Gasteiger partial charge in [0.25, 0.3) is 0 Å². The molecule has 0 amide bonds. The summed E-state index contributed by atoms with van der Waals surface area (Å²) >= 11 is 0. The molecule has 0 bridgehead atoms. The van der Waals surface area contributed by atoms with E-state index < -0.39 is 29.9 Å². The van der Waals surface area contributed by atoms with Crippen molar-refractivity contribution in [1.82, 2.24) is 0 Å². The highest BCUT2D eigenvalue weighted by Crippen LogP contribution is 2.43. The van der Waals surface area contributed by atoms with Gasteiger partial charge in [-0.2, -0.15) is 0 Å². The lowest BCUT2D eigenvalue weighted by Crippen LogP contribution is -2.49. The van der Waals surface area contributed by atoms with Gasteiger partial charge in [-0.1, -0.05) is 51.1 Å². The molecular formula is C21H32O6. The van der Waals surface area contributed by atoms with E-state index >= 15 is 0 Å². The van der Waals surface area contributed by atoms with E-state index in [1.807, 2.05) is 44.2 Å². The van der Waals surface area contributed by atoms with E-state index in [1.165, 1.54) is 0 Å². The first kappa shape index (κ1) is 20.7. The Bertz CT molecular complexity index is 611. The third-order valence-corrected chi connectivity index (χ3v) is 4.60. The molecule has 6 heteroatoms. The topological polar surface area (TPSA) is 66.4 Å². The van der Waals surface area contributed by atoms with E-state index in [0.29, 0.717) is 13.2 Å². The average Bonchev–Trinajstić information content (AvgIpc) is 3.02. The molecule has 3 rings (SSSR count). The van der Waals surface area contributed by atoms with E-state index in [9.17, 15) is 5.11 Å². The second-order valence-corrected chi connectivity index (χ2v) is 9.04. The van der Waals surface area contributed by atoms with Crippen LogP contribution in [-0.2, 0) is 30.3 Å². The maximum atomic E-state index is 10.9. The van der Waals surface area contributed by atoms with Gasteiger partial charge in [0.1, 0.15) is 24.9 Å². The number of rotatable bonds is 6. The molecule has 1 N–H and O–H groups in total. The van der Waals surface area contributed by atoms with Gasteiger partial charge >= 0.3 is 0 Å². The Hall–Kier alpha value is -1.02. The molecule has 2 saturated heterocycles. The summed E-state index contributed by atoms with van der Waals surface area (Å²) in [5, 5.41) is 10.9. The van der Waals surface area contributed by atoms with Crippen molar-refractivity contribution in [3.63, 3.8) is 0 Å². The first-order valence-corrected chi connectivity index (χ1v) is 9.54. The van der Waals surface area contributed by atoms with Crippen LogP contribution in [0.4, 0.5) is 0 Å². The van der Waals surface area contributed by atoms with E-state index in [-0.39, 0.29) is 18.6 Å². The van der Waals surface area contributed by atoms with Gasteiger partial charge in [0.05, 0.1) is 19.8 Å². The fourth-order valence-electron chi connectivity index (χ4n) is 3.36. The molecule has 2 fully saturated rings. The smallest absolute Gasteiger partial charge is 0.224 e. The summed E-state index contributed by atoms with van der Waals surface area (Å²) in [6, 6.07) is 9.90. The zero-order valence-corrected chi connectivity index (χ0v) is 16.9. The quantitative estimate of drug-likeness (QED) is 0.819. The molecule has 0 aliphatic carbocycles. The summed E-state index contributed by atoms with van der Waals surface area (Å²) in [7, 11) is 0. The van der Waals surface area contributed by atoms with E-state index in [2.05, 4.69) is 20.8 Å². The molecule has 0 aromatic heterocycles. The molecule has 1 aromatic rings. The molecule has 6 nitrogen and oxygen atoms in total. The van der Waals surface area contributed by atoms with E-state index in [4.69, 9.17) is 23.7 Å². The second-order valence-electron chi connectivity index (χ2n) is 9.04. The number of aliphatic hydroxyl groups is 1. The van der Waals surface area contributed by atoms with Gasteiger partial charge < -0.3 is 28.8 Å². The maximum absolute atomic E-state index is 10.9. The van der Waals surface area contributed by atoms with Crippen LogP contribution < -0.4 is 0 Å². The van der Waals surface area contributed by atoms with Crippen molar-refractivity contribution in [2.45, 2.75) is 71.1 Å². The van der Waals surface area contributed by atoms with E-state index in [0.717, 1.165) is 5.56 Å². The van der Waals surface area contributed by atoms with Gasteiger partial charge in [-0.3, -0.25) is 0 Å². The first-order chi connectivity index (χ1) is 12.6.